The standard InChI is InChI=1S/C15H18N2O5/c1-4-5-6-15(19)22-9-14(18)16-12-7-10(2)11(3)8-13(12)17(20)21/h5-8H,4,9H2,1-3H3,(H,16,18)/b6-5+. The highest BCUT2D eigenvalue weighted by molar-refractivity contribution is 5.95. The molecule has 0 atom stereocenters. The Labute approximate surface area is 128 Å². The summed E-state index contributed by atoms with van der Waals surface area (Å²) in [5.41, 5.74) is 1.44. The lowest BCUT2D eigenvalue weighted by atomic mass is 10.1. The van der Waals surface area contributed by atoms with E-state index in [0.29, 0.717) is 6.42 Å². The number of esters is 1. The van der Waals surface area contributed by atoms with Crippen molar-refractivity contribution in [1.29, 1.82) is 0 Å². The van der Waals surface area contributed by atoms with Crippen molar-refractivity contribution in [2.75, 3.05) is 11.9 Å². The molecular weight excluding hydrogens is 288 g/mol. The number of carbonyl (C=O) groups excluding carboxylic acids is 2. The molecule has 0 aliphatic rings. The van der Waals surface area contributed by atoms with E-state index in [1.807, 2.05) is 6.92 Å². The number of ether oxygens (including phenoxy) is 1. The maximum Gasteiger partial charge on any atom is 0.330 e. The number of allylic oxidation sites excluding steroid dienone is 1. The molecule has 0 radical (unpaired) electrons. The Morgan fingerprint density at radius 2 is 1.95 bits per heavy atom. The number of aryl methyl sites for hydroxylation is 2. The lowest BCUT2D eigenvalue weighted by Crippen LogP contribution is -2.20. The number of hydrogen-bond donors (Lipinski definition) is 1. The second-order valence-corrected chi connectivity index (χ2v) is 4.68. The van der Waals surface area contributed by atoms with Gasteiger partial charge in [0.05, 0.1) is 4.92 Å². The number of nitrogens with one attached hydrogen (secondary N) is 1. The van der Waals surface area contributed by atoms with Crippen LogP contribution in [-0.4, -0.2) is 23.4 Å². The van der Waals surface area contributed by atoms with Crippen LogP contribution in [-0.2, 0) is 14.3 Å². The van der Waals surface area contributed by atoms with Crippen LogP contribution in [0.1, 0.15) is 24.5 Å². The van der Waals surface area contributed by atoms with Gasteiger partial charge in [-0.15, -0.1) is 0 Å². The van der Waals surface area contributed by atoms with Crippen molar-refractivity contribution in [3.05, 3.63) is 45.5 Å². The van der Waals surface area contributed by atoms with Crippen molar-refractivity contribution in [3.8, 4) is 0 Å². The van der Waals surface area contributed by atoms with Crippen LogP contribution in [0.4, 0.5) is 11.4 Å². The van der Waals surface area contributed by atoms with E-state index < -0.39 is 23.4 Å². The van der Waals surface area contributed by atoms with Gasteiger partial charge in [-0.1, -0.05) is 13.0 Å². The van der Waals surface area contributed by atoms with E-state index in [9.17, 15) is 19.7 Å². The van der Waals surface area contributed by atoms with Crippen molar-refractivity contribution in [1.82, 2.24) is 0 Å². The van der Waals surface area contributed by atoms with E-state index in [1.54, 1.807) is 19.9 Å². The molecule has 7 nitrogen and oxygen atoms in total. The van der Waals surface area contributed by atoms with E-state index in [2.05, 4.69) is 5.32 Å². The number of nitro groups is 1. The van der Waals surface area contributed by atoms with Crippen molar-refractivity contribution in [2.45, 2.75) is 27.2 Å². The first kappa shape index (κ1) is 17.4. The highest BCUT2D eigenvalue weighted by Gasteiger charge is 2.18. The lowest BCUT2D eigenvalue weighted by Gasteiger charge is -2.09. The molecular formula is C15H18N2O5. The monoisotopic (exact) mass is 306 g/mol. The minimum atomic E-state index is -0.635. The molecule has 0 bridgehead atoms. The van der Waals surface area contributed by atoms with Gasteiger partial charge in [0.2, 0.25) is 0 Å². The average molecular weight is 306 g/mol. The molecule has 1 amide bonds. The maximum absolute atomic E-state index is 11.7. The summed E-state index contributed by atoms with van der Waals surface area (Å²) in [6, 6.07) is 2.91. The molecule has 118 valence electrons. The predicted molar refractivity (Wildman–Crippen MR) is 81.6 cm³/mol. The van der Waals surface area contributed by atoms with Gasteiger partial charge in [-0.05, 0) is 37.5 Å². The summed E-state index contributed by atoms with van der Waals surface area (Å²) in [4.78, 5) is 33.4. The van der Waals surface area contributed by atoms with Gasteiger partial charge >= 0.3 is 5.97 Å². The van der Waals surface area contributed by atoms with Crippen LogP contribution < -0.4 is 5.32 Å². The Bertz CT molecular complexity index is 623. The SMILES string of the molecule is CC/C=C/C(=O)OCC(=O)Nc1cc(C)c(C)cc1[N+](=O)[O-]. The van der Waals surface area contributed by atoms with Crippen LogP contribution in [0.25, 0.3) is 0 Å². The molecule has 0 aromatic heterocycles. The van der Waals surface area contributed by atoms with Gasteiger partial charge in [0.1, 0.15) is 5.69 Å². The van der Waals surface area contributed by atoms with Crippen molar-refractivity contribution >= 4 is 23.3 Å². The zero-order valence-electron chi connectivity index (χ0n) is 12.7. The lowest BCUT2D eigenvalue weighted by molar-refractivity contribution is -0.384. The summed E-state index contributed by atoms with van der Waals surface area (Å²) in [7, 11) is 0. The molecule has 1 aromatic rings. The van der Waals surface area contributed by atoms with E-state index in [1.165, 1.54) is 18.2 Å². The average Bonchev–Trinajstić information content (AvgIpc) is 2.46. The van der Waals surface area contributed by atoms with Gasteiger partial charge in [-0.25, -0.2) is 4.79 Å². The fourth-order valence-electron chi connectivity index (χ4n) is 1.64. The highest BCUT2D eigenvalue weighted by Crippen LogP contribution is 2.27. The summed E-state index contributed by atoms with van der Waals surface area (Å²) in [5.74, 6) is -1.27. The third-order valence-electron chi connectivity index (χ3n) is 2.92. The number of carbonyl (C=O) groups is 2. The van der Waals surface area contributed by atoms with Gasteiger partial charge in [-0.2, -0.15) is 0 Å². The summed E-state index contributed by atoms with van der Waals surface area (Å²) < 4.78 is 4.72. The van der Waals surface area contributed by atoms with Gasteiger partial charge in [0.25, 0.3) is 11.6 Å². The van der Waals surface area contributed by atoms with Gasteiger partial charge < -0.3 is 10.1 Å². The smallest absolute Gasteiger partial charge is 0.330 e. The largest absolute Gasteiger partial charge is 0.452 e. The Kier molecular flexibility index (Phi) is 6.25. The Morgan fingerprint density at radius 3 is 2.55 bits per heavy atom. The zero-order chi connectivity index (χ0) is 16.7. The number of hydrogen-bond acceptors (Lipinski definition) is 5. The van der Waals surface area contributed by atoms with Crippen molar-refractivity contribution < 1.29 is 19.2 Å². The molecule has 1 aromatic carbocycles. The Hall–Kier alpha value is -2.70. The van der Waals surface area contributed by atoms with Gasteiger partial charge in [0.15, 0.2) is 6.61 Å². The van der Waals surface area contributed by atoms with Crippen LogP contribution in [0, 0.1) is 24.0 Å². The molecule has 0 unspecified atom stereocenters. The molecule has 1 rings (SSSR count). The molecule has 1 N–H and O–H groups in total. The second-order valence-electron chi connectivity index (χ2n) is 4.68. The number of nitro benzene ring substituents is 1. The molecule has 7 heteroatoms. The summed E-state index contributed by atoms with van der Waals surface area (Å²) in [6.45, 7) is 4.88. The Balaban J connectivity index is 2.76. The van der Waals surface area contributed by atoms with E-state index in [-0.39, 0.29) is 11.4 Å². The molecule has 0 heterocycles. The first-order chi connectivity index (χ1) is 10.3. The second kappa shape index (κ2) is 7.92. The minimum Gasteiger partial charge on any atom is -0.452 e. The molecule has 0 saturated heterocycles. The molecule has 0 fully saturated rings. The molecule has 0 aliphatic heterocycles. The predicted octanol–water partition coefficient (Wildman–Crippen LogP) is 2.66. The van der Waals surface area contributed by atoms with E-state index in [0.717, 1.165) is 11.1 Å². The summed E-state index contributed by atoms with van der Waals surface area (Å²) >= 11 is 0. The summed E-state index contributed by atoms with van der Waals surface area (Å²) in [5, 5.41) is 13.4. The van der Waals surface area contributed by atoms with Gasteiger partial charge in [0, 0.05) is 12.1 Å². The topological polar surface area (TPSA) is 98.5 Å². The Morgan fingerprint density at radius 1 is 1.32 bits per heavy atom. The van der Waals surface area contributed by atoms with Crippen LogP contribution >= 0.6 is 0 Å². The fraction of sp³-hybridized carbons (Fsp3) is 0.333. The first-order valence-electron chi connectivity index (χ1n) is 6.74. The van der Waals surface area contributed by atoms with E-state index in [4.69, 9.17) is 4.74 Å². The molecule has 0 aliphatic carbocycles. The normalized spacial score (nSPS) is 10.5. The molecule has 22 heavy (non-hydrogen) atoms. The number of nitrogens with zero attached hydrogens (tertiary/aromatic N) is 1. The highest BCUT2D eigenvalue weighted by atomic mass is 16.6. The van der Waals surface area contributed by atoms with Crippen molar-refractivity contribution in [2.24, 2.45) is 0 Å². The van der Waals surface area contributed by atoms with Crippen molar-refractivity contribution in [3.63, 3.8) is 0 Å². The third-order valence-corrected chi connectivity index (χ3v) is 2.92. The van der Waals surface area contributed by atoms with Crippen LogP contribution in [0.15, 0.2) is 24.3 Å². The zero-order valence-corrected chi connectivity index (χ0v) is 12.7. The van der Waals surface area contributed by atoms with Gasteiger partial charge in [-0.3, -0.25) is 14.9 Å². The molecule has 0 saturated carbocycles. The van der Waals surface area contributed by atoms with Crippen LogP contribution in [0.3, 0.4) is 0 Å². The summed E-state index contributed by atoms with van der Waals surface area (Å²) in [6.07, 6.45) is 3.51. The number of benzene rings is 1. The van der Waals surface area contributed by atoms with Crippen LogP contribution in [0.5, 0.6) is 0 Å². The minimum absolute atomic E-state index is 0.0817. The molecule has 0 spiro atoms. The number of amides is 1. The van der Waals surface area contributed by atoms with Crippen LogP contribution in [0.2, 0.25) is 0 Å². The fourth-order valence-corrected chi connectivity index (χ4v) is 1.64. The quantitative estimate of drug-likeness (QED) is 0.377. The van der Waals surface area contributed by atoms with E-state index >= 15 is 0 Å². The number of anilines is 1. The first-order valence-corrected chi connectivity index (χ1v) is 6.74. The third kappa shape index (κ3) is 5.01. The maximum atomic E-state index is 11.7. The number of rotatable bonds is 6.